The summed E-state index contributed by atoms with van der Waals surface area (Å²) in [6.07, 6.45) is 1.74. The Bertz CT molecular complexity index is 1040. The van der Waals surface area contributed by atoms with Crippen LogP contribution in [0.4, 0.5) is 5.69 Å². The Hall–Kier alpha value is -2.71. The van der Waals surface area contributed by atoms with Crippen LogP contribution in [0.5, 0.6) is 5.75 Å². The van der Waals surface area contributed by atoms with Crippen molar-refractivity contribution in [3.8, 4) is 5.75 Å². The van der Waals surface area contributed by atoms with Crippen LogP contribution in [0.1, 0.15) is 30.8 Å². The van der Waals surface area contributed by atoms with E-state index in [-0.39, 0.29) is 11.9 Å². The van der Waals surface area contributed by atoms with Crippen molar-refractivity contribution < 1.29 is 9.53 Å². The second-order valence-corrected chi connectivity index (χ2v) is 8.39. The van der Waals surface area contributed by atoms with Crippen LogP contribution in [0.25, 0.3) is 0 Å². The molecule has 30 heavy (non-hydrogen) atoms. The number of nitrogens with zero attached hydrogens (tertiary/aromatic N) is 3. The second-order valence-electron chi connectivity index (χ2n) is 6.88. The summed E-state index contributed by atoms with van der Waals surface area (Å²) in [4.78, 5) is 13.2. The van der Waals surface area contributed by atoms with Crippen LogP contribution in [0.3, 0.4) is 0 Å². The Labute approximate surface area is 184 Å². The van der Waals surface area contributed by atoms with Gasteiger partial charge in [-0.05, 0) is 36.2 Å². The standard InChI is InChI=1S/C21H22ClN5O2S/c1-3-7-17-24-25-21-27(17)26-18(13-10-11-16(29-2)15(22)12-13)19(30-21)20(28)23-14-8-5-4-6-9-14/h4-6,8-12,18-19,26H,3,7H2,1-2H3,(H,23,28)/t18-,19-/m0/s1. The number of rotatable bonds is 6. The molecule has 2 heterocycles. The van der Waals surface area contributed by atoms with E-state index in [9.17, 15) is 4.79 Å². The average molecular weight is 444 g/mol. The van der Waals surface area contributed by atoms with E-state index in [1.54, 1.807) is 7.11 Å². The van der Waals surface area contributed by atoms with Gasteiger partial charge in [0.15, 0.2) is 5.82 Å². The SMILES string of the molecule is CCCc1nnc2n1N[C@@H](c1ccc(OC)c(Cl)c1)[C@@H](C(=O)Nc1ccccc1)S2. The summed E-state index contributed by atoms with van der Waals surface area (Å²) in [5.74, 6) is 1.30. The molecule has 2 atom stereocenters. The fourth-order valence-electron chi connectivity index (χ4n) is 3.35. The van der Waals surface area contributed by atoms with Crippen molar-refractivity contribution >= 4 is 35.0 Å². The van der Waals surface area contributed by atoms with Gasteiger partial charge in [0.2, 0.25) is 11.1 Å². The Morgan fingerprint density at radius 2 is 2.07 bits per heavy atom. The minimum Gasteiger partial charge on any atom is -0.495 e. The predicted octanol–water partition coefficient (Wildman–Crippen LogP) is 4.29. The molecule has 2 N–H and O–H groups in total. The van der Waals surface area contributed by atoms with E-state index in [1.807, 2.05) is 53.2 Å². The van der Waals surface area contributed by atoms with Crippen molar-refractivity contribution in [1.29, 1.82) is 0 Å². The Morgan fingerprint density at radius 1 is 1.27 bits per heavy atom. The highest BCUT2D eigenvalue weighted by Crippen LogP contribution is 2.39. The molecule has 1 amide bonds. The van der Waals surface area contributed by atoms with Crippen LogP contribution in [0.2, 0.25) is 5.02 Å². The van der Waals surface area contributed by atoms with Crippen molar-refractivity contribution in [3.05, 3.63) is 64.9 Å². The zero-order valence-electron chi connectivity index (χ0n) is 16.6. The van der Waals surface area contributed by atoms with E-state index in [1.165, 1.54) is 11.8 Å². The highest BCUT2D eigenvalue weighted by atomic mass is 35.5. The van der Waals surface area contributed by atoms with Crippen LogP contribution < -0.4 is 15.5 Å². The predicted molar refractivity (Wildman–Crippen MR) is 119 cm³/mol. The average Bonchev–Trinajstić information content (AvgIpc) is 3.15. The molecule has 9 heteroatoms. The molecule has 0 aliphatic carbocycles. The number of amides is 1. The summed E-state index contributed by atoms with van der Waals surface area (Å²) < 4.78 is 7.15. The van der Waals surface area contributed by atoms with Gasteiger partial charge in [-0.15, -0.1) is 10.2 Å². The fraction of sp³-hybridized carbons (Fsp3) is 0.286. The van der Waals surface area contributed by atoms with Crippen molar-refractivity contribution in [2.45, 2.75) is 36.2 Å². The van der Waals surface area contributed by atoms with Gasteiger partial charge in [-0.3, -0.25) is 4.79 Å². The number of ether oxygens (including phenoxy) is 1. The van der Waals surface area contributed by atoms with E-state index in [0.717, 1.165) is 29.9 Å². The minimum absolute atomic E-state index is 0.123. The molecule has 156 valence electrons. The lowest BCUT2D eigenvalue weighted by Crippen LogP contribution is -2.41. The molecule has 1 aliphatic rings. The number of aromatic nitrogens is 3. The summed E-state index contributed by atoms with van der Waals surface area (Å²) in [7, 11) is 1.58. The number of aryl methyl sites for hydroxylation is 1. The first-order valence-corrected chi connectivity index (χ1v) is 10.9. The van der Waals surface area contributed by atoms with Gasteiger partial charge < -0.3 is 15.5 Å². The number of hydrogen-bond acceptors (Lipinski definition) is 6. The molecule has 7 nitrogen and oxygen atoms in total. The van der Waals surface area contributed by atoms with E-state index in [4.69, 9.17) is 16.3 Å². The van der Waals surface area contributed by atoms with Crippen molar-refractivity contribution in [2.24, 2.45) is 0 Å². The summed E-state index contributed by atoms with van der Waals surface area (Å²) in [5.41, 5.74) is 5.06. The van der Waals surface area contributed by atoms with Gasteiger partial charge in [-0.2, -0.15) is 0 Å². The van der Waals surface area contributed by atoms with Gasteiger partial charge in [0, 0.05) is 12.1 Å². The maximum absolute atomic E-state index is 13.2. The highest BCUT2D eigenvalue weighted by Gasteiger charge is 2.38. The minimum atomic E-state index is -0.471. The molecule has 3 aromatic rings. The van der Waals surface area contributed by atoms with Gasteiger partial charge in [0.1, 0.15) is 11.0 Å². The number of para-hydroxylation sites is 1. The Kier molecular flexibility index (Phi) is 6.15. The number of anilines is 1. The first-order valence-electron chi connectivity index (χ1n) is 9.67. The molecule has 0 spiro atoms. The first-order chi connectivity index (χ1) is 14.6. The van der Waals surface area contributed by atoms with E-state index in [0.29, 0.717) is 15.9 Å². The number of hydrogen-bond donors (Lipinski definition) is 2. The van der Waals surface area contributed by atoms with Gasteiger partial charge in [-0.25, -0.2) is 4.68 Å². The smallest absolute Gasteiger partial charge is 0.240 e. The van der Waals surface area contributed by atoms with Crippen LogP contribution >= 0.6 is 23.4 Å². The molecule has 1 aromatic heterocycles. The van der Waals surface area contributed by atoms with Gasteiger partial charge >= 0.3 is 0 Å². The normalized spacial score (nSPS) is 17.7. The van der Waals surface area contributed by atoms with Crippen molar-refractivity contribution in [1.82, 2.24) is 14.9 Å². The number of carbonyl (C=O) groups is 1. The number of thioether (sulfide) groups is 1. The first kappa shape index (κ1) is 20.6. The largest absolute Gasteiger partial charge is 0.495 e. The van der Waals surface area contributed by atoms with Crippen LogP contribution in [-0.2, 0) is 11.2 Å². The molecule has 4 rings (SSSR count). The molecular weight excluding hydrogens is 422 g/mol. The lowest BCUT2D eigenvalue weighted by Gasteiger charge is -2.33. The topological polar surface area (TPSA) is 81.1 Å². The van der Waals surface area contributed by atoms with Crippen LogP contribution in [-0.4, -0.2) is 33.1 Å². The number of fused-ring (bicyclic) bond motifs is 1. The summed E-state index contributed by atoms with van der Waals surface area (Å²) in [6, 6.07) is 14.6. The molecule has 1 aliphatic heterocycles. The molecule has 0 radical (unpaired) electrons. The number of halogens is 1. The van der Waals surface area contributed by atoms with Gasteiger partial charge in [-0.1, -0.05) is 54.6 Å². The Morgan fingerprint density at radius 3 is 2.77 bits per heavy atom. The summed E-state index contributed by atoms with van der Waals surface area (Å²) in [5, 5.41) is 12.3. The van der Waals surface area contributed by atoms with E-state index >= 15 is 0 Å². The summed E-state index contributed by atoms with van der Waals surface area (Å²) in [6.45, 7) is 2.09. The quantitative estimate of drug-likeness (QED) is 0.591. The number of carbonyl (C=O) groups excluding carboxylic acids is 1. The van der Waals surface area contributed by atoms with E-state index < -0.39 is 5.25 Å². The van der Waals surface area contributed by atoms with Crippen molar-refractivity contribution in [3.63, 3.8) is 0 Å². The maximum atomic E-state index is 13.2. The molecule has 0 saturated heterocycles. The Balaban J connectivity index is 1.69. The third kappa shape index (κ3) is 4.11. The number of benzene rings is 2. The molecule has 0 fully saturated rings. The zero-order chi connectivity index (χ0) is 21.1. The second kappa shape index (κ2) is 8.97. The lowest BCUT2D eigenvalue weighted by molar-refractivity contribution is -0.116. The summed E-state index contributed by atoms with van der Waals surface area (Å²) >= 11 is 7.76. The van der Waals surface area contributed by atoms with Gasteiger partial charge in [0.05, 0.1) is 18.2 Å². The molecule has 0 bridgehead atoms. The molecule has 2 aromatic carbocycles. The lowest BCUT2D eigenvalue weighted by atomic mass is 10.0. The highest BCUT2D eigenvalue weighted by molar-refractivity contribution is 8.00. The van der Waals surface area contributed by atoms with Crippen LogP contribution in [0.15, 0.2) is 53.7 Å². The van der Waals surface area contributed by atoms with E-state index in [2.05, 4.69) is 27.9 Å². The molecule has 0 unspecified atom stereocenters. The monoisotopic (exact) mass is 443 g/mol. The third-order valence-corrected chi connectivity index (χ3v) is 6.32. The molecular formula is C21H22ClN5O2S. The number of methoxy groups -OCH3 is 1. The molecule has 0 saturated carbocycles. The maximum Gasteiger partial charge on any atom is 0.240 e. The van der Waals surface area contributed by atoms with Crippen LogP contribution in [0, 0.1) is 0 Å². The fourth-order valence-corrected chi connectivity index (χ4v) is 4.71. The van der Waals surface area contributed by atoms with Crippen molar-refractivity contribution in [2.75, 3.05) is 17.9 Å². The van der Waals surface area contributed by atoms with Gasteiger partial charge in [0.25, 0.3) is 0 Å². The third-order valence-electron chi connectivity index (χ3n) is 4.81. The number of nitrogens with one attached hydrogen (secondary N) is 2. The zero-order valence-corrected chi connectivity index (χ0v) is 18.2.